The highest BCUT2D eigenvalue weighted by Gasteiger charge is 2.44. The molecule has 0 spiro atoms. The number of rotatable bonds is 8. The van der Waals surface area contributed by atoms with E-state index in [0.717, 1.165) is 24.1 Å². The molecule has 1 fully saturated rings. The minimum atomic E-state index is -0.549. The van der Waals surface area contributed by atoms with Gasteiger partial charge in [0.1, 0.15) is 17.5 Å². The lowest BCUT2D eigenvalue weighted by molar-refractivity contribution is 0.0509. The number of nitriles is 1. The Balaban J connectivity index is 1.30. The van der Waals surface area contributed by atoms with E-state index in [1.807, 2.05) is 32.9 Å². The van der Waals surface area contributed by atoms with Crippen LogP contribution in [0.5, 0.6) is 11.5 Å². The molecule has 12 heteroatoms. The zero-order valence-corrected chi connectivity index (χ0v) is 20.9. The van der Waals surface area contributed by atoms with Gasteiger partial charge in [-0.25, -0.2) is 14.8 Å². The first kappa shape index (κ1) is 24.3. The van der Waals surface area contributed by atoms with Gasteiger partial charge in [0.25, 0.3) is 0 Å². The molecule has 0 radical (unpaired) electrons. The normalized spacial score (nSPS) is 15.2. The number of fused-ring (bicyclic) bond motifs is 1. The van der Waals surface area contributed by atoms with E-state index in [9.17, 15) is 4.79 Å². The van der Waals surface area contributed by atoms with Crippen LogP contribution in [0.3, 0.4) is 0 Å². The number of carbonyl (C=O) groups excluding carboxylic acids is 1. The van der Waals surface area contributed by atoms with E-state index in [1.165, 1.54) is 12.4 Å². The highest BCUT2D eigenvalue weighted by Crippen LogP contribution is 2.47. The van der Waals surface area contributed by atoms with Gasteiger partial charge < -0.3 is 24.8 Å². The topological polar surface area (TPSA) is 160 Å². The van der Waals surface area contributed by atoms with Crippen molar-refractivity contribution in [2.24, 2.45) is 5.41 Å². The maximum Gasteiger partial charge on any atom is 0.407 e. The number of aromatic amines is 1. The molecule has 5 rings (SSSR count). The molecule has 1 aliphatic heterocycles. The SMILES string of the molecule is CC(C)(C)OC(=O)NCC1(COc2cnc3c(c2-c2cc(Nc4cnc(C#N)cn4)n[nH]2)OCC3)CC1. The molecule has 1 saturated carbocycles. The average molecular weight is 505 g/mol. The fourth-order valence-electron chi connectivity index (χ4n) is 3.91. The molecule has 192 valence electrons. The van der Waals surface area contributed by atoms with Gasteiger partial charge in [-0.2, -0.15) is 10.4 Å². The maximum atomic E-state index is 12.1. The van der Waals surface area contributed by atoms with Crippen LogP contribution in [0.1, 0.15) is 45.0 Å². The number of hydrogen-bond acceptors (Lipinski definition) is 10. The van der Waals surface area contributed by atoms with Gasteiger partial charge >= 0.3 is 6.09 Å². The van der Waals surface area contributed by atoms with Gasteiger partial charge in [0, 0.05) is 24.4 Å². The third-order valence-corrected chi connectivity index (χ3v) is 6.03. The molecule has 1 amide bonds. The molecule has 4 heterocycles. The number of alkyl carbamates (subject to hydrolysis) is 1. The molecule has 3 N–H and O–H groups in total. The van der Waals surface area contributed by atoms with Crippen molar-refractivity contribution >= 4 is 17.7 Å². The minimum absolute atomic E-state index is 0.150. The molecular weight excluding hydrogens is 476 g/mol. The van der Waals surface area contributed by atoms with Crippen molar-refractivity contribution in [2.45, 2.75) is 45.6 Å². The van der Waals surface area contributed by atoms with Gasteiger partial charge in [0.05, 0.1) is 48.8 Å². The van der Waals surface area contributed by atoms with Gasteiger partial charge in [-0.3, -0.25) is 10.1 Å². The summed E-state index contributed by atoms with van der Waals surface area (Å²) in [5, 5.41) is 22.2. The van der Waals surface area contributed by atoms with E-state index >= 15 is 0 Å². The monoisotopic (exact) mass is 504 g/mol. The summed E-state index contributed by atoms with van der Waals surface area (Å²) >= 11 is 0. The van der Waals surface area contributed by atoms with Crippen molar-refractivity contribution in [2.75, 3.05) is 25.1 Å². The summed E-state index contributed by atoms with van der Waals surface area (Å²) in [5.41, 5.74) is 1.82. The van der Waals surface area contributed by atoms with E-state index in [0.29, 0.717) is 55.0 Å². The van der Waals surface area contributed by atoms with Crippen molar-refractivity contribution in [1.82, 2.24) is 30.5 Å². The Kier molecular flexibility index (Phi) is 6.29. The lowest BCUT2D eigenvalue weighted by atomic mass is 10.1. The van der Waals surface area contributed by atoms with E-state index in [4.69, 9.17) is 19.5 Å². The minimum Gasteiger partial charge on any atom is -0.490 e. The van der Waals surface area contributed by atoms with Crippen molar-refractivity contribution < 1.29 is 19.0 Å². The van der Waals surface area contributed by atoms with Gasteiger partial charge in [0.2, 0.25) is 0 Å². The highest BCUT2D eigenvalue weighted by atomic mass is 16.6. The van der Waals surface area contributed by atoms with Crippen molar-refractivity contribution in [3.63, 3.8) is 0 Å². The number of ether oxygens (including phenoxy) is 3. The van der Waals surface area contributed by atoms with Crippen LogP contribution in [0, 0.1) is 16.7 Å². The number of nitrogens with zero attached hydrogens (tertiary/aromatic N) is 5. The van der Waals surface area contributed by atoms with Gasteiger partial charge in [-0.15, -0.1) is 0 Å². The first-order chi connectivity index (χ1) is 17.7. The largest absolute Gasteiger partial charge is 0.490 e. The van der Waals surface area contributed by atoms with Crippen LogP contribution in [0.15, 0.2) is 24.7 Å². The molecule has 3 aromatic rings. The van der Waals surface area contributed by atoms with Crippen LogP contribution in [0.2, 0.25) is 0 Å². The molecule has 0 bridgehead atoms. The Morgan fingerprint density at radius 3 is 2.76 bits per heavy atom. The van der Waals surface area contributed by atoms with E-state index in [-0.39, 0.29) is 11.1 Å². The Morgan fingerprint density at radius 2 is 2.05 bits per heavy atom. The molecular formula is C25H28N8O4. The Hall–Kier alpha value is -4.40. The Labute approximate surface area is 213 Å². The summed E-state index contributed by atoms with van der Waals surface area (Å²) in [6.45, 7) is 6.93. The number of carbonyl (C=O) groups is 1. The Morgan fingerprint density at radius 1 is 1.22 bits per heavy atom. The van der Waals surface area contributed by atoms with Gasteiger partial charge in [-0.05, 0) is 33.6 Å². The van der Waals surface area contributed by atoms with Crippen molar-refractivity contribution in [3.05, 3.63) is 36.0 Å². The molecule has 0 unspecified atom stereocenters. The number of amides is 1. The summed E-state index contributed by atoms with van der Waals surface area (Å²) in [6.07, 6.45) is 6.73. The molecule has 0 aromatic carbocycles. The molecule has 0 saturated heterocycles. The third-order valence-electron chi connectivity index (χ3n) is 6.03. The van der Waals surface area contributed by atoms with Crippen LogP contribution < -0.4 is 20.1 Å². The highest BCUT2D eigenvalue weighted by molar-refractivity contribution is 5.77. The van der Waals surface area contributed by atoms with E-state index in [2.05, 4.69) is 35.8 Å². The molecule has 3 aromatic heterocycles. The van der Waals surface area contributed by atoms with Crippen LogP contribution in [-0.4, -0.2) is 56.6 Å². The number of anilines is 2. The lowest BCUT2D eigenvalue weighted by Gasteiger charge is -2.22. The number of nitrogens with one attached hydrogen (secondary N) is 3. The molecule has 2 aliphatic rings. The van der Waals surface area contributed by atoms with Gasteiger partial charge in [-0.1, -0.05) is 0 Å². The second kappa shape index (κ2) is 9.57. The molecule has 37 heavy (non-hydrogen) atoms. The number of aromatic nitrogens is 5. The predicted molar refractivity (Wildman–Crippen MR) is 132 cm³/mol. The fourth-order valence-corrected chi connectivity index (χ4v) is 3.91. The summed E-state index contributed by atoms with van der Waals surface area (Å²) < 4.78 is 17.5. The first-order valence-electron chi connectivity index (χ1n) is 12.0. The summed E-state index contributed by atoms with van der Waals surface area (Å²) in [7, 11) is 0. The predicted octanol–water partition coefficient (Wildman–Crippen LogP) is 3.50. The molecule has 0 atom stereocenters. The van der Waals surface area contributed by atoms with Crippen molar-refractivity contribution in [1.29, 1.82) is 5.26 Å². The number of hydrogen-bond donors (Lipinski definition) is 3. The number of H-pyrrole nitrogens is 1. The van der Waals surface area contributed by atoms with Crippen LogP contribution in [0.4, 0.5) is 16.4 Å². The van der Waals surface area contributed by atoms with Crippen LogP contribution in [-0.2, 0) is 11.2 Å². The van der Waals surface area contributed by atoms with Crippen molar-refractivity contribution in [3.8, 4) is 28.8 Å². The van der Waals surface area contributed by atoms with E-state index in [1.54, 1.807) is 6.20 Å². The Bertz CT molecular complexity index is 1340. The molecule has 12 nitrogen and oxygen atoms in total. The zero-order chi connectivity index (χ0) is 26.0. The van der Waals surface area contributed by atoms with E-state index < -0.39 is 11.7 Å². The summed E-state index contributed by atoms with van der Waals surface area (Å²) in [6, 6.07) is 3.76. The number of pyridine rings is 1. The maximum absolute atomic E-state index is 12.1. The molecule has 1 aliphatic carbocycles. The van der Waals surface area contributed by atoms with Crippen LogP contribution in [0.25, 0.3) is 11.3 Å². The third kappa shape index (κ3) is 5.72. The summed E-state index contributed by atoms with van der Waals surface area (Å²) in [4.78, 5) is 24.8. The zero-order valence-electron chi connectivity index (χ0n) is 20.9. The quantitative estimate of drug-likeness (QED) is 0.414. The fraction of sp³-hybridized carbons (Fsp3) is 0.440. The standard InChI is InChI=1S/C25H28N8O4/c1-24(2,3)37-23(34)30-13-25(5-6-25)14-36-18-11-28-16-4-7-35-22(16)21(18)17-8-19(33-32-17)31-20-12-27-15(9-26)10-29-20/h8,10-12H,4-7,13-14H2,1-3H3,(H,30,34)(H2,29,31,32,33). The van der Waals surface area contributed by atoms with Gasteiger partial charge in [0.15, 0.2) is 23.0 Å². The second-order valence-electron chi connectivity index (χ2n) is 10.2. The lowest BCUT2D eigenvalue weighted by Crippen LogP contribution is -2.37. The second-order valence-corrected chi connectivity index (χ2v) is 10.2. The average Bonchev–Trinajstić information content (AvgIpc) is 3.23. The summed E-state index contributed by atoms with van der Waals surface area (Å²) in [5.74, 6) is 2.21. The smallest absolute Gasteiger partial charge is 0.407 e. The van der Waals surface area contributed by atoms with Crippen LogP contribution >= 0.6 is 0 Å². The first-order valence-corrected chi connectivity index (χ1v) is 12.0.